The van der Waals surface area contributed by atoms with Gasteiger partial charge >= 0.3 is 0 Å². The number of aromatic nitrogens is 3. The van der Waals surface area contributed by atoms with Crippen molar-refractivity contribution in [3.05, 3.63) is 42.0 Å². The molecule has 2 amide bonds. The third-order valence-electron chi connectivity index (χ3n) is 5.31. The molecule has 26 heavy (non-hydrogen) atoms. The van der Waals surface area contributed by atoms with Crippen molar-refractivity contribution < 1.29 is 14.3 Å². The molecule has 2 aromatic rings. The largest absolute Gasteiger partial charge is 0.371 e. The van der Waals surface area contributed by atoms with E-state index in [0.717, 1.165) is 6.42 Å². The maximum atomic E-state index is 12.6. The molecule has 2 aliphatic rings. The fourth-order valence-corrected chi connectivity index (χ4v) is 3.90. The number of rotatable bonds is 4. The van der Waals surface area contributed by atoms with E-state index < -0.39 is 0 Å². The summed E-state index contributed by atoms with van der Waals surface area (Å²) in [6.07, 6.45) is 4.38. The Kier molecular flexibility index (Phi) is 4.28. The van der Waals surface area contributed by atoms with Gasteiger partial charge in [0.15, 0.2) is 0 Å². The summed E-state index contributed by atoms with van der Waals surface area (Å²) in [6, 6.07) is 5.37. The number of ether oxygens (including phenoxy) is 1. The molecular weight excluding hydrogens is 334 g/mol. The average Bonchev–Trinajstić information content (AvgIpc) is 3.35. The van der Waals surface area contributed by atoms with Crippen molar-refractivity contribution in [1.29, 1.82) is 0 Å². The van der Waals surface area contributed by atoms with E-state index >= 15 is 0 Å². The van der Waals surface area contributed by atoms with Gasteiger partial charge in [0, 0.05) is 52.0 Å². The van der Waals surface area contributed by atoms with E-state index in [-0.39, 0.29) is 24.0 Å². The first-order valence-corrected chi connectivity index (χ1v) is 8.85. The Hall–Kier alpha value is -2.61. The van der Waals surface area contributed by atoms with Crippen molar-refractivity contribution in [2.75, 3.05) is 19.6 Å². The maximum absolute atomic E-state index is 12.6. The molecule has 4 rings (SSSR count). The SMILES string of the molecule is Cn1cccc1C(=O)NC[C@H]1C[C@@H]2CN(C(=O)c3ccnn3C)C[C@@H]2O1. The van der Waals surface area contributed by atoms with Crippen LogP contribution in [0.2, 0.25) is 0 Å². The van der Waals surface area contributed by atoms with E-state index in [2.05, 4.69) is 10.4 Å². The molecule has 8 nitrogen and oxygen atoms in total. The zero-order chi connectivity index (χ0) is 18.3. The minimum Gasteiger partial charge on any atom is -0.371 e. The summed E-state index contributed by atoms with van der Waals surface area (Å²) >= 11 is 0. The van der Waals surface area contributed by atoms with E-state index in [1.54, 1.807) is 34.6 Å². The van der Waals surface area contributed by atoms with Crippen molar-refractivity contribution in [3.8, 4) is 0 Å². The minimum absolute atomic E-state index is 0.00294. The number of aryl methyl sites for hydroxylation is 2. The topological polar surface area (TPSA) is 81.4 Å². The molecule has 0 aliphatic carbocycles. The van der Waals surface area contributed by atoms with Crippen LogP contribution in [0.5, 0.6) is 0 Å². The number of likely N-dealkylation sites (tertiary alicyclic amines) is 1. The van der Waals surface area contributed by atoms with Crippen LogP contribution in [-0.4, -0.2) is 62.9 Å². The molecule has 0 unspecified atom stereocenters. The van der Waals surface area contributed by atoms with Crippen LogP contribution in [0.4, 0.5) is 0 Å². The van der Waals surface area contributed by atoms with Gasteiger partial charge in [-0.2, -0.15) is 5.10 Å². The van der Waals surface area contributed by atoms with Crippen LogP contribution in [-0.2, 0) is 18.8 Å². The first kappa shape index (κ1) is 16.8. The van der Waals surface area contributed by atoms with Crippen LogP contribution in [0.25, 0.3) is 0 Å². The van der Waals surface area contributed by atoms with Gasteiger partial charge in [-0.3, -0.25) is 14.3 Å². The number of amides is 2. The van der Waals surface area contributed by atoms with Crippen molar-refractivity contribution >= 4 is 11.8 Å². The number of hydrogen-bond acceptors (Lipinski definition) is 4. The Bertz CT molecular complexity index is 812. The summed E-state index contributed by atoms with van der Waals surface area (Å²) < 4.78 is 9.46. The Morgan fingerprint density at radius 3 is 2.77 bits per heavy atom. The fraction of sp³-hybridized carbons (Fsp3) is 0.500. The lowest BCUT2D eigenvalue weighted by Gasteiger charge is -2.19. The van der Waals surface area contributed by atoms with Crippen molar-refractivity contribution in [1.82, 2.24) is 24.6 Å². The number of nitrogens with zero attached hydrogens (tertiary/aromatic N) is 4. The van der Waals surface area contributed by atoms with E-state index in [9.17, 15) is 9.59 Å². The number of carbonyl (C=O) groups excluding carboxylic acids is 2. The maximum Gasteiger partial charge on any atom is 0.272 e. The Balaban J connectivity index is 1.29. The lowest BCUT2D eigenvalue weighted by atomic mass is 10.0. The van der Waals surface area contributed by atoms with Crippen molar-refractivity contribution in [2.24, 2.45) is 20.0 Å². The zero-order valence-electron chi connectivity index (χ0n) is 15.0. The number of nitrogens with one attached hydrogen (secondary N) is 1. The van der Waals surface area contributed by atoms with Gasteiger partial charge in [-0.15, -0.1) is 0 Å². The van der Waals surface area contributed by atoms with Gasteiger partial charge < -0.3 is 19.5 Å². The third-order valence-corrected chi connectivity index (χ3v) is 5.31. The van der Waals surface area contributed by atoms with Crippen molar-refractivity contribution in [3.63, 3.8) is 0 Å². The molecule has 3 atom stereocenters. The highest BCUT2D eigenvalue weighted by Gasteiger charge is 2.43. The van der Waals surface area contributed by atoms with Gasteiger partial charge in [-0.1, -0.05) is 0 Å². The zero-order valence-corrected chi connectivity index (χ0v) is 15.0. The molecule has 4 heterocycles. The molecule has 0 bridgehead atoms. The summed E-state index contributed by atoms with van der Waals surface area (Å²) in [4.78, 5) is 26.6. The van der Waals surface area contributed by atoms with E-state index in [1.165, 1.54) is 0 Å². The average molecular weight is 357 g/mol. The van der Waals surface area contributed by atoms with Gasteiger partial charge in [0.25, 0.3) is 11.8 Å². The fourth-order valence-electron chi connectivity index (χ4n) is 3.90. The third kappa shape index (κ3) is 3.01. The summed E-state index contributed by atoms with van der Waals surface area (Å²) in [5, 5.41) is 7.00. The Morgan fingerprint density at radius 2 is 2.12 bits per heavy atom. The lowest BCUT2D eigenvalue weighted by Crippen LogP contribution is -2.36. The molecule has 2 saturated heterocycles. The quantitative estimate of drug-likeness (QED) is 0.860. The molecule has 1 N–H and O–H groups in total. The molecule has 2 fully saturated rings. The second kappa shape index (κ2) is 6.60. The molecule has 138 valence electrons. The van der Waals surface area contributed by atoms with Gasteiger partial charge in [-0.05, 0) is 24.6 Å². The summed E-state index contributed by atoms with van der Waals surface area (Å²) in [5.41, 5.74) is 1.23. The molecule has 2 aliphatic heterocycles. The monoisotopic (exact) mass is 357 g/mol. The van der Waals surface area contributed by atoms with Crippen LogP contribution in [0.3, 0.4) is 0 Å². The highest BCUT2D eigenvalue weighted by molar-refractivity contribution is 5.93. The van der Waals surface area contributed by atoms with Crippen LogP contribution in [0.15, 0.2) is 30.6 Å². The van der Waals surface area contributed by atoms with E-state index in [4.69, 9.17) is 4.74 Å². The number of fused-ring (bicyclic) bond motifs is 1. The number of hydrogen-bond donors (Lipinski definition) is 1. The molecule has 8 heteroatoms. The van der Waals surface area contributed by atoms with Crippen LogP contribution in [0, 0.1) is 5.92 Å². The standard InChI is InChI=1S/C18H23N5O3/c1-21-7-3-4-14(21)17(24)19-9-13-8-12-10-23(11-16(12)26-13)18(25)15-5-6-20-22(15)2/h3-7,12-13,16H,8-11H2,1-2H3,(H,19,24)/t12-,13-,16+/m1/s1. The highest BCUT2D eigenvalue weighted by atomic mass is 16.5. The van der Waals surface area contributed by atoms with Gasteiger partial charge in [0.2, 0.25) is 0 Å². The van der Waals surface area contributed by atoms with Gasteiger partial charge in [0.05, 0.1) is 12.2 Å². The van der Waals surface area contributed by atoms with Crippen molar-refractivity contribution in [2.45, 2.75) is 18.6 Å². The summed E-state index contributed by atoms with van der Waals surface area (Å²) in [5.74, 6) is 0.229. The molecule has 0 saturated carbocycles. The molecular formula is C18H23N5O3. The highest BCUT2D eigenvalue weighted by Crippen LogP contribution is 2.33. The molecule has 0 aromatic carbocycles. The normalized spacial score (nSPS) is 24.7. The summed E-state index contributed by atoms with van der Waals surface area (Å²) in [7, 11) is 3.62. The number of carbonyl (C=O) groups is 2. The van der Waals surface area contributed by atoms with Crippen LogP contribution in [0.1, 0.15) is 27.4 Å². The Morgan fingerprint density at radius 1 is 1.27 bits per heavy atom. The molecule has 0 radical (unpaired) electrons. The minimum atomic E-state index is -0.0915. The van der Waals surface area contributed by atoms with E-state index in [1.807, 2.05) is 24.2 Å². The van der Waals surface area contributed by atoms with Gasteiger partial charge in [-0.25, -0.2) is 0 Å². The predicted octanol–water partition coefficient (Wildman–Crippen LogP) is 0.418. The molecule has 2 aromatic heterocycles. The Labute approximate surface area is 151 Å². The second-order valence-corrected chi connectivity index (χ2v) is 7.06. The van der Waals surface area contributed by atoms with Crippen LogP contribution < -0.4 is 5.32 Å². The van der Waals surface area contributed by atoms with Gasteiger partial charge in [0.1, 0.15) is 11.4 Å². The first-order valence-electron chi connectivity index (χ1n) is 8.85. The summed E-state index contributed by atoms with van der Waals surface area (Å²) in [6.45, 7) is 1.78. The predicted molar refractivity (Wildman–Crippen MR) is 93.6 cm³/mol. The second-order valence-electron chi connectivity index (χ2n) is 7.06. The lowest BCUT2D eigenvalue weighted by molar-refractivity contribution is 0.0355. The smallest absolute Gasteiger partial charge is 0.272 e. The van der Waals surface area contributed by atoms with E-state index in [0.29, 0.717) is 36.9 Å². The van der Waals surface area contributed by atoms with Crippen LogP contribution >= 0.6 is 0 Å². The first-order chi connectivity index (χ1) is 12.5. The molecule has 0 spiro atoms.